The maximum Gasteiger partial charge on any atom is 0.246 e. The maximum atomic E-state index is 11.3. The molecular weight excluding hydrogens is 432 g/mol. The summed E-state index contributed by atoms with van der Waals surface area (Å²) in [5.41, 5.74) is 3.22. The van der Waals surface area contributed by atoms with Crippen LogP contribution in [0, 0.1) is 5.92 Å². The zero-order valence-corrected chi connectivity index (χ0v) is 19.4. The van der Waals surface area contributed by atoms with Crippen LogP contribution in [0.5, 0.6) is 11.6 Å². The second kappa shape index (κ2) is 9.59. The summed E-state index contributed by atoms with van der Waals surface area (Å²) in [6.45, 7) is 4.95. The third-order valence-electron chi connectivity index (χ3n) is 5.63. The van der Waals surface area contributed by atoms with Gasteiger partial charge in [-0.2, -0.15) is 0 Å². The van der Waals surface area contributed by atoms with Crippen molar-refractivity contribution in [2.24, 2.45) is 5.92 Å². The zero-order chi connectivity index (χ0) is 23.5. The molecule has 8 nitrogen and oxygen atoms in total. The summed E-state index contributed by atoms with van der Waals surface area (Å²) in [6.07, 6.45) is 2.49. The second-order valence-electron chi connectivity index (χ2n) is 8.83. The summed E-state index contributed by atoms with van der Waals surface area (Å²) in [5, 5.41) is 7.44. The van der Waals surface area contributed by atoms with Gasteiger partial charge in [-0.25, -0.2) is 4.98 Å². The lowest BCUT2D eigenvalue weighted by atomic mass is 10.2. The van der Waals surface area contributed by atoms with E-state index in [9.17, 15) is 4.79 Å². The van der Waals surface area contributed by atoms with E-state index >= 15 is 0 Å². The predicted octanol–water partition coefficient (Wildman–Crippen LogP) is 4.43. The molecule has 0 spiro atoms. The van der Waals surface area contributed by atoms with Crippen LogP contribution in [0.1, 0.15) is 32.3 Å². The summed E-state index contributed by atoms with van der Waals surface area (Å²) in [5.74, 6) is 2.27. The summed E-state index contributed by atoms with van der Waals surface area (Å²) < 4.78 is 19.7. The number of benzene rings is 2. The Hall–Kier alpha value is -3.81. The van der Waals surface area contributed by atoms with Gasteiger partial charge >= 0.3 is 0 Å². The Labute approximate surface area is 197 Å². The first-order valence-corrected chi connectivity index (χ1v) is 11.6. The largest absolute Gasteiger partial charge is 0.493 e. The first-order valence-electron chi connectivity index (χ1n) is 11.6. The average molecular weight is 461 g/mol. The van der Waals surface area contributed by atoms with Gasteiger partial charge in [0.15, 0.2) is 5.58 Å². The van der Waals surface area contributed by atoms with E-state index in [2.05, 4.69) is 15.4 Å². The van der Waals surface area contributed by atoms with Crippen LogP contribution in [-0.4, -0.2) is 39.9 Å². The molecule has 8 heteroatoms. The Balaban J connectivity index is 1.41. The first-order chi connectivity index (χ1) is 16.5. The van der Waals surface area contributed by atoms with Crippen LogP contribution in [0.2, 0.25) is 0 Å². The van der Waals surface area contributed by atoms with E-state index in [0.717, 1.165) is 23.4 Å². The number of hydrogen-bond donors (Lipinski definition) is 1. The van der Waals surface area contributed by atoms with Crippen LogP contribution in [-0.2, 0) is 11.3 Å². The molecule has 0 unspecified atom stereocenters. The zero-order valence-electron chi connectivity index (χ0n) is 19.4. The van der Waals surface area contributed by atoms with Crippen LogP contribution in [0.15, 0.2) is 59.0 Å². The van der Waals surface area contributed by atoms with Gasteiger partial charge < -0.3 is 19.2 Å². The smallest absolute Gasteiger partial charge is 0.246 e. The molecule has 2 aromatic heterocycles. The van der Waals surface area contributed by atoms with Gasteiger partial charge in [-0.3, -0.25) is 9.48 Å². The fourth-order valence-electron chi connectivity index (χ4n) is 3.71. The molecule has 1 aliphatic rings. The Morgan fingerprint density at radius 3 is 2.76 bits per heavy atom. The van der Waals surface area contributed by atoms with Crippen molar-refractivity contribution in [3.63, 3.8) is 0 Å². The van der Waals surface area contributed by atoms with Gasteiger partial charge in [0.05, 0.1) is 19.2 Å². The maximum absolute atomic E-state index is 11.3. The van der Waals surface area contributed by atoms with E-state index < -0.39 is 0 Å². The number of nitrogens with one attached hydrogen (secondary N) is 1. The molecule has 0 bridgehead atoms. The van der Waals surface area contributed by atoms with Gasteiger partial charge in [0, 0.05) is 19.1 Å². The Kier molecular flexibility index (Phi) is 6.20. The molecule has 34 heavy (non-hydrogen) atoms. The van der Waals surface area contributed by atoms with Crippen molar-refractivity contribution < 1.29 is 18.7 Å². The minimum absolute atomic E-state index is 0.0987. The van der Waals surface area contributed by atoms with Gasteiger partial charge in [-0.15, -0.1) is 5.10 Å². The van der Waals surface area contributed by atoms with Crippen molar-refractivity contribution in [3.05, 3.63) is 60.2 Å². The molecule has 0 radical (unpaired) electrons. The van der Waals surface area contributed by atoms with Crippen molar-refractivity contribution in [1.82, 2.24) is 20.1 Å². The van der Waals surface area contributed by atoms with Crippen molar-refractivity contribution in [1.29, 1.82) is 0 Å². The lowest BCUT2D eigenvalue weighted by molar-refractivity contribution is -0.119. The van der Waals surface area contributed by atoms with Crippen LogP contribution in [0.4, 0.5) is 0 Å². The van der Waals surface area contributed by atoms with Crippen LogP contribution < -0.4 is 14.8 Å². The highest BCUT2D eigenvalue weighted by molar-refractivity contribution is 5.77. The molecule has 1 aliphatic carbocycles. The standard InChI is InChI=1S/C26H28N4O4/c1-17(27-18(2)31)15-33-25-13-23(30(29-25)14-19-6-4-3-5-7-19)26-28-22-11-10-21(12-24(22)34-26)32-16-20-8-9-20/h3-7,10-13,17,20H,8-9,14-16H2,1-2H3,(H,27,31)/t17-/m0/s1. The number of aromatic nitrogens is 3. The monoisotopic (exact) mass is 460 g/mol. The van der Waals surface area contributed by atoms with E-state index in [-0.39, 0.29) is 11.9 Å². The normalized spacial score (nSPS) is 14.2. The highest BCUT2D eigenvalue weighted by atomic mass is 16.5. The molecule has 4 aromatic rings. The van der Waals surface area contributed by atoms with E-state index in [1.165, 1.54) is 19.8 Å². The molecule has 1 N–H and O–H groups in total. The van der Waals surface area contributed by atoms with Crippen LogP contribution in [0.25, 0.3) is 22.7 Å². The molecule has 1 atom stereocenters. The van der Waals surface area contributed by atoms with E-state index in [1.54, 1.807) is 0 Å². The number of carbonyl (C=O) groups is 1. The fourth-order valence-corrected chi connectivity index (χ4v) is 3.71. The Morgan fingerprint density at radius 2 is 2.00 bits per heavy atom. The average Bonchev–Trinajstić information content (AvgIpc) is 3.42. The Bertz CT molecular complexity index is 1280. The van der Waals surface area contributed by atoms with Crippen molar-refractivity contribution in [2.75, 3.05) is 13.2 Å². The van der Waals surface area contributed by atoms with E-state index in [1.807, 2.05) is 66.2 Å². The molecule has 5 rings (SSSR count). The number of fused-ring (bicyclic) bond motifs is 1. The molecule has 0 saturated heterocycles. The SMILES string of the molecule is CC(=O)N[C@@H](C)COc1cc(-c2nc3ccc(OCC4CC4)cc3o2)n(Cc2ccccc2)n1. The summed E-state index contributed by atoms with van der Waals surface area (Å²) in [7, 11) is 0. The molecule has 1 amide bonds. The van der Waals surface area contributed by atoms with E-state index in [0.29, 0.717) is 42.1 Å². The summed E-state index contributed by atoms with van der Waals surface area (Å²) >= 11 is 0. The molecular formula is C26H28N4O4. The number of rotatable bonds is 10. The predicted molar refractivity (Wildman–Crippen MR) is 128 cm³/mol. The lowest BCUT2D eigenvalue weighted by Crippen LogP contribution is -2.35. The van der Waals surface area contributed by atoms with Gasteiger partial charge in [0.1, 0.15) is 23.6 Å². The van der Waals surface area contributed by atoms with Gasteiger partial charge in [0.2, 0.25) is 17.7 Å². The highest BCUT2D eigenvalue weighted by Crippen LogP contribution is 2.32. The van der Waals surface area contributed by atoms with Crippen LogP contribution in [0.3, 0.4) is 0 Å². The Morgan fingerprint density at radius 1 is 1.18 bits per heavy atom. The highest BCUT2D eigenvalue weighted by Gasteiger charge is 2.22. The van der Waals surface area contributed by atoms with Crippen LogP contribution >= 0.6 is 0 Å². The minimum Gasteiger partial charge on any atom is -0.493 e. The fraction of sp³-hybridized carbons (Fsp3) is 0.346. The van der Waals surface area contributed by atoms with Crippen molar-refractivity contribution in [3.8, 4) is 23.2 Å². The number of nitrogens with zero attached hydrogens (tertiary/aromatic N) is 3. The quantitative estimate of drug-likeness (QED) is 0.376. The van der Waals surface area contributed by atoms with Crippen molar-refractivity contribution in [2.45, 2.75) is 39.3 Å². The lowest BCUT2D eigenvalue weighted by Gasteiger charge is -2.12. The number of ether oxygens (including phenoxy) is 2. The molecule has 2 heterocycles. The minimum atomic E-state index is -0.140. The van der Waals surface area contributed by atoms with Gasteiger partial charge in [-0.1, -0.05) is 30.3 Å². The van der Waals surface area contributed by atoms with Crippen molar-refractivity contribution >= 4 is 17.0 Å². The molecule has 1 fully saturated rings. The third kappa shape index (κ3) is 5.39. The topological polar surface area (TPSA) is 91.4 Å². The number of carbonyl (C=O) groups excluding carboxylic acids is 1. The number of amides is 1. The molecule has 0 aliphatic heterocycles. The molecule has 2 aromatic carbocycles. The first kappa shape index (κ1) is 22.0. The second-order valence-corrected chi connectivity index (χ2v) is 8.83. The van der Waals surface area contributed by atoms with Gasteiger partial charge in [-0.05, 0) is 43.4 Å². The molecule has 1 saturated carbocycles. The summed E-state index contributed by atoms with van der Waals surface area (Å²) in [4.78, 5) is 16.0. The third-order valence-corrected chi connectivity index (χ3v) is 5.63. The van der Waals surface area contributed by atoms with Gasteiger partial charge in [0.25, 0.3) is 0 Å². The number of oxazole rings is 1. The summed E-state index contributed by atoms with van der Waals surface area (Å²) in [6, 6.07) is 17.5. The van der Waals surface area contributed by atoms with E-state index in [4.69, 9.17) is 13.9 Å². The number of hydrogen-bond acceptors (Lipinski definition) is 6. The molecule has 176 valence electrons.